The van der Waals surface area contributed by atoms with Gasteiger partial charge in [-0.1, -0.05) is 27.7 Å². The minimum absolute atomic E-state index is 0.170. The van der Waals surface area contributed by atoms with Gasteiger partial charge in [-0.25, -0.2) is 0 Å². The van der Waals surface area contributed by atoms with Crippen LogP contribution in [0.5, 0.6) is 0 Å². The molecule has 6 saturated carbocycles. The quantitative estimate of drug-likeness (QED) is 0.673. The molecule has 0 aromatic heterocycles. The molecule has 0 aromatic carbocycles. The summed E-state index contributed by atoms with van der Waals surface area (Å²) in [5.74, 6) is 2.72. The molecule has 2 aliphatic heterocycles. The average molecular weight is 358 g/mol. The molecule has 8 rings (SSSR count). The molecule has 0 spiro atoms. The zero-order valence-electron chi connectivity index (χ0n) is 17.1. The first kappa shape index (κ1) is 16.9. The lowest BCUT2D eigenvalue weighted by Gasteiger charge is -2.63. The Hall–Kier alpha value is -0.0301. The van der Waals surface area contributed by atoms with Crippen molar-refractivity contribution in [2.24, 2.45) is 34.5 Å². The molecule has 6 heteroatoms. The van der Waals surface area contributed by atoms with E-state index in [4.69, 9.17) is 18.6 Å². The van der Waals surface area contributed by atoms with E-state index in [1.54, 1.807) is 0 Å². The van der Waals surface area contributed by atoms with Crippen molar-refractivity contribution in [2.75, 3.05) is 0 Å². The monoisotopic (exact) mass is 358 g/mol. The summed E-state index contributed by atoms with van der Waals surface area (Å²) >= 11 is 0. The molecule has 26 heavy (non-hydrogen) atoms. The highest BCUT2D eigenvalue weighted by molar-refractivity contribution is 7.11. The predicted molar refractivity (Wildman–Crippen MR) is 100 cm³/mol. The molecular weight excluding hydrogens is 326 g/mol. The molecule has 2 saturated heterocycles. The van der Waals surface area contributed by atoms with Crippen molar-refractivity contribution in [1.82, 2.24) is 0 Å². The Labute approximate surface area is 158 Å². The molecule has 0 N–H and O–H groups in total. The van der Waals surface area contributed by atoms with Gasteiger partial charge in [0.2, 0.25) is 0 Å². The molecule has 2 heterocycles. The van der Waals surface area contributed by atoms with Gasteiger partial charge in [0.15, 0.2) is 0 Å². The summed E-state index contributed by atoms with van der Waals surface area (Å²) in [5.41, 5.74) is 0.420. The Balaban J connectivity index is 1.23. The predicted octanol–water partition coefficient (Wildman–Crippen LogP) is 3.52. The van der Waals surface area contributed by atoms with Crippen LogP contribution in [0.4, 0.5) is 0 Å². The molecule has 8 aliphatic rings. The van der Waals surface area contributed by atoms with E-state index >= 15 is 0 Å². The van der Waals surface area contributed by atoms with Crippen molar-refractivity contribution in [3.8, 4) is 0 Å². The van der Waals surface area contributed by atoms with Crippen molar-refractivity contribution in [3.63, 3.8) is 0 Å². The van der Waals surface area contributed by atoms with E-state index in [9.17, 15) is 0 Å². The highest BCUT2D eigenvalue weighted by Crippen LogP contribution is 2.66. The van der Waals surface area contributed by atoms with Crippen LogP contribution in [0.2, 0.25) is 0 Å². The maximum absolute atomic E-state index is 6.52. The first-order valence-corrected chi connectivity index (χ1v) is 10.7. The van der Waals surface area contributed by atoms with Gasteiger partial charge in [-0.3, -0.25) is 0 Å². The van der Waals surface area contributed by atoms with Crippen molar-refractivity contribution in [3.05, 3.63) is 0 Å². The maximum Gasteiger partial charge on any atom is 0.488 e. The highest BCUT2D eigenvalue weighted by Gasteiger charge is 2.72. The molecule has 0 aromatic rings. The largest absolute Gasteiger partial charge is 0.488 e. The number of hydrogen-bond donors (Lipinski definition) is 0. The first-order valence-electron chi connectivity index (χ1n) is 10.7. The van der Waals surface area contributed by atoms with Gasteiger partial charge in [0.05, 0.1) is 23.4 Å². The fourth-order valence-corrected chi connectivity index (χ4v) is 7.72. The van der Waals surface area contributed by atoms with E-state index in [1.807, 2.05) is 0 Å². The zero-order valence-corrected chi connectivity index (χ0v) is 17.1. The lowest BCUT2D eigenvalue weighted by molar-refractivity contribution is -0.185. The molecule has 142 valence electrons. The Bertz CT molecular complexity index is 612. The minimum atomic E-state index is -0.372. The molecule has 6 aliphatic carbocycles. The molecular formula is C20H32B2O4. The van der Waals surface area contributed by atoms with Gasteiger partial charge in [0.25, 0.3) is 0 Å². The Morgan fingerprint density at radius 2 is 1.04 bits per heavy atom. The first-order chi connectivity index (χ1) is 12.0. The molecule has 8 fully saturated rings. The Morgan fingerprint density at radius 1 is 0.654 bits per heavy atom. The van der Waals surface area contributed by atoms with Gasteiger partial charge in [-0.15, -0.1) is 0 Å². The summed E-state index contributed by atoms with van der Waals surface area (Å²) in [5, 5.41) is 0. The maximum atomic E-state index is 6.52. The van der Waals surface area contributed by atoms with E-state index in [1.165, 1.54) is 12.8 Å². The van der Waals surface area contributed by atoms with E-state index in [2.05, 4.69) is 41.5 Å². The number of hydrogen-bond acceptors (Lipinski definition) is 4. The summed E-state index contributed by atoms with van der Waals surface area (Å²) in [4.78, 5) is 0. The molecule has 0 amide bonds. The zero-order chi connectivity index (χ0) is 18.3. The van der Waals surface area contributed by atoms with Gasteiger partial charge in [0.1, 0.15) is 0 Å². The van der Waals surface area contributed by atoms with Crippen molar-refractivity contribution >= 4 is 14.0 Å². The molecule has 4 nitrogen and oxygen atoms in total. The van der Waals surface area contributed by atoms with Crippen LogP contribution in [-0.4, -0.2) is 37.4 Å². The summed E-state index contributed by atoms with van der Waals surface area (Å²) in [7, 11) is -0.745. The second kappa shape index (κ2) is 4.58. The van der Waals surface area contributed by atoms with Crippen LogP contribution in [0.3, 0.4) is 0 Å². The molecule has 8 atom stereocenters. The van der Waals surface area contributed by atoms with Crippen LogP contribution in [0.1, 0.15) is 67.2 Å². The lowest BCUT2D eigenvalue weighted by Crippen LogP contribution is -2.63. The van der Waals surface area contributed by atoms with Crippen molar-refractivity contribution in [2.45, 2.75) is 90.6 Å². The second-order valence-electron chi connectivity index (χ2n) is 11.8. The van der Waals surface area contributed by atoms with Gasteiger partial charge >= 0.3 is 14.0 Å². The van der Waals surface area contributed by atoms with E-state index < -0.39 is 0 Å². The van der Waals surface area contributed by atoms with Crippen LogP contribution < -0.4 is 0 Å². The fraction of sp³-hybridized carbons (Fsp3) is 1.00. The van der Waals surface area contributed by atoms with Crippen LogP contribution in [-0.2, 0) is 18.6 Å². The van der Waals surface area contributed by atoms with Crippen molar-refractivity contribution in [1.29, 1.82) is 0 Å². The van der Waals surface area contributed by atoms with Gasteiger partial charge in [-0.2, -0.15) is 0 Å². The third-order valence-corrected chi connectivity index (χ3v) is 9.89. The molecule has 4 unspecified atom stereocenters. The van der Waals surface area contributed by atoms with Gasteiger partial charge in [0, 0.05) is 0 Å². The van der Waals surface area contributed by atoms with Crippen molar-refractivity contribution < 1.29 is 18.6 Å². The summed E-state index contributed by atoms with van der Waals surface area (Å²) in [6, 6.07) is 0. The van der Waals surface area contributed by atoms with Crippen LogP contribution in [0.15, 0.2) is 0 Å². The molecule has 0 radical (unpaired) electrons. The standard InChI is InChI=1S/C20H32B2O4/c1-17(2)11-7-13(17)15-19(5,9-11)25-21(23-15)22-24-16-14-8-12(18(14,3)4)10-20(16,6)26-22/h11-16H,7-10H2,1-6H3/t11?,12?,13?,14?,15-,16-,19+,20+/m1/s1. The summed E-state index contributed by atoms with van der Waals surface area (Å²) in [6.07, 6.45) is 5.13. The van der Waals surface area contributed by atoms with Crippen LogP contribution in [0.25, 0.3) is 0 Å². The van der Waals surface area contributed by atoms with Crippen LogP contribution >= 0.6 is 0 Å². The fourth-order valence-electron chi connectivity index (χ4n) is 7.72. The third kappa shape index (κ3) is 1.79. The molecule has 4 bridgehead atoms. The van der Waals surface area contributed by atoms with Crippen LogP contribution in [0, 0.1) is 34.5 Å². The number of rotatable bonds is 1. The topological polar surface area (TPSA) is 36.9 Å². The summed E-state index contributed by atoms with van der Waals surface area (Å²) in [6.45, 7) is 14.1. The normalized spacial score (nSPS) is 57.9. The minimum Gasteiger partial charge on any atom is -0.407 e. The Morgan fingerprint density at radius 3 is 1.38 bits per heavy atom. The van der Waals surface area contributed by atoms with Gasteiger partial charge in [-0.05, 0) is 74.0 Å². The van der Waals surface area contributed by atoms with E-state index in [-0.39, 0.29) is 37.4 Å². The van der Waals surface area contributed by atoms with Gasteiger partial charge < -0.3 is 18.6 Å². The smallest absolute Gasteiger partial charge is 0.407 e. The Kier molecular flexibility index (Phi) is 2.97. The highest BCUT2D eigenvalue weighted by atomic mass is 16.7. The second-order valence-corrected chi connectivity index (χ2v) is 11.8. The lowest BCUT2D eigenvalue weighted by atomic mass is 9.45. The third-order valence-electron chi connectivity index (χ3n) is 9.89. The SMILES string of the molecule is CC1(C)C2CC1[C@H]1OB(B3O[C@@H]4C5CC(C[C@]4(C)O3)C5(C)C)O[C@@]1(C)C2. The summed E-state index contributed by atoms with van der Waals surface area (Å²) < 4.78 is 26.1. The van der Waals surface area contributed by atoms with E-state index in [0.29, 0.717) is 22.7 Å². The van der Waals surface area contributed by atoms with E-state index in [0.717, 1.165) is 24.7 Å². The average Bonchev–Trinajstić information content (AvgIpc) is 3.10.